The minimum atomic E-state index is -3.09. The van der Waals surface area contributed by atoms with Crippen molar-refractivity contribution < 1.29 is 32.2 Å². The first kappa shape index (κ1) is 27.8. The lowest BCUT2D eigenvalue weighted by Gasteiger charge is -2.37. The third-order valence-electron chi connectivity index (χ3n) is 6.59. The second-order valence-corrected chi connectivity index (χ2v) is 9.57. The fourth-order valence-corrected chi connectivity index (χ4v) is 5.06. The minimum Gasteiger partial charge on any atom is -0.487 e. The molecule has 210 valence electrons. The smallest absolute Gasteiger partial charge is 0.345 e. The Morgan fingerprint density at radius 2 is 2.10 bits per heavy atom. The summed E-state index contributed by atoms with van der Waals surface area (Å²) in [5, 5.41) is 5.04. The molecule has 1 unspecified atom stereocenters. The number of alkyl halides is 2. The summed E-state index contributed by atoms with van der Waals surface area (Å²) >= 11 is 6.48. The standard InChI is InChI=1S/C27H25ClF3N5O4/c1-15-8-19(26-32-14-33-35(26)2)17-4-3-5-23(25(17)34-15)39-11-20-18(9-16(29)10-21(20)28)22-12-38-7-6-36(22)24(37)13-40-27(30)31/h3-5,8-10,14,22,27H,6-7,11-13H2,1-2H3. The van der Waals surface area contributed by atoms with Gasteiger partial charge in [0.1, 0.15) is 36.6 Å². The average Bonchev–Trinajstić information content (AvgIpc) is 3.36. The normalized spacial score (nSPS) is 15.7. The van der Waals surface area contributed by atoms with E-state index in [0.29, 0.717) is 28.2 Å². The lowest BCUT2D eigenvalue weighted by Crippen LogP contribution is -2.45. The van der Waals surface area contributed by atoms with Gasteiger partial charge in [-0.2, -0.15) is 13.9 Å². The van der Waals surface area contributed by atoms with E-state index in [9.17, 15) is 18.0 Å². The number of hydrogen-bond acceptors (Lipinski definition) is 7. The molecule has 1 aliphatic rings. The van der Waals surface area contributed by atoms with E-state index in [1.165, 1.54) is 17.3 Å². The highest BCUT2D eigenvalue weighted by molar-refractivity contribution is 6.31. The average molecular weight is 576 g/mol. The van der Waals surface area contributed by atoms with Crippen LogP contribution in [0.3, 0.4) is 0 Å². The maximum Gasteiger partial charge on any atom is 0.345 e. The van der Waals surface area contributed by atoms with Gasteiger partial charge in [0.05, 0.1) is 24.3 Å². The van der Waals surface area contributed by atoms with Gasteiger partial charge < -0.3 is 19.1 Å². The lowest BCUT2D eigenvalue weighted by atomic mass is 9.98. The summed E-state index contributed by atoms with van der Waals surface area (Å²) in [4.78, 5) is 23.1. The van der Waals surface area contributed by atoms with Crippen LogP contribution in [0.4, 0.5) is 13.2 Å². The molecule has 3 heterocycles. The predicted molar refractivity (Wildman–Crippen MR) is 139 cm³/mol. The molecule has 2 aromatic carbocycles. The molecule has 0 spiro atoms. The predicted octanol–water partition coefficient (Wildman–Crippen LogP) is 4.85. The highest BCUT2D eigenvalue weighted by Crippen LogP contribution is 2.36. The summed E-state index contributed by atoms with van der Waals surface area (Å²) in [5.74, 6) is -0.185. The van der Waals surface area contributed by atoms with Gasteiger partial charge in [-0.15, -0.1) is 0 Å². The summed E-state index contributed by atoms with van der Waals surface area (Å²) < 4.78 is 57.3. The van der Waals surface area contributed by atoms with Gasteiger partial charge in [-0.05, 0) is 36.8 Å². The zero-order chi connectivity index (χ0) is 28.4. The van der Waals surface area contributed by atoms with Crippen LogP contribution in [0.15, 0.2) is 42.7 Å². The zero-order valence-corrected chi connectivity index (χ0v) is 22.4. The van der Waals surface area contributed by atoms with Gasteiger partial charge >= 0.3 is 6.61 Å². The Bertz CT molecular complexity index is 1550. The molecule has 1 amide bonds. The number of para-hydroxylation sites is 1. The molecule has 4 aromatic rings. The van der Waals surface area contributed by atoms with Crippen LogP contribution < -0.4 is 4.74 Å². The Morgan fingerprint density at radius 1 is 1.27 bits per heavy atom. The molecular weight excluding hydrogens is 551 g/mol. The summed E-state index contributed by atoms with van der Waals surface area (Å²) in [6.45, 7) is -1.82. The topological polar surface area (TPSA) is 91.6 Å². The van der Waals surface area contributed by atoms with Crippen molar-refractivity contribution >= 4 is 28.4 Å². The number of morpholine rings is 1. The molecule has 0 bridgehead atoms. The van der Waals surface area contributed by atoms with Crippen molar-refractivity contribution in [3.8, 4) is 17.1 Å². The Labute approximate surface area is 232 Å². The van der Waals surface area contributed by atoms with Gasteiger partial charge in [0.25, 0.3) is 0 Å². The van der Waals surface area contributed by atoms with Crippen molar-refractivity contribution in [2.45, 2.75) is 26.2 Å². The van der Waals surface area contributed by atoms with E-state index in [0.717, 1.165) is 22.7 Å². The zero-order valence-electron chi connectivity index (χ0n) is 21.6. The highest BCUT2D eigenvalue weighted by atomic mass is 35.5. The largest absolute Gasteiger partial charge is 0.487 e. The van der Waals surface area contributed by atoms with Gasteiger partial charge in [-0.25, -0.2) is 19.0 Å². The number of aromatic nitrogens is 4. The maximum atomic E-state index is 14.6. The van der Waals surface area contributed by atoms with E-state index < -0.39 is 31.0 Å². The molecule has 0 N–H and O–H groups in total. The molecule has 1 fully saturated rings. The summed E-state index contributed by atoms with van der Waals surface area (Å²) in [5.41, 5.74) is 2.92. The van der Waals surface area contributed by atoms with Crippen LogP contribution in [0.1, 0.15) is 22.9 Å². The lowest BCUT2D eigenvalue weighted by molar-refractivity contribution is -0.166. The summed E-state index contributed by atoms with van der Waals surface area (Å²) in [7, 11) is 1.80. The van der Waals surface area contributed by atoms with Crippen LogP contribution in [0.2, 0.25) is 5.02 Å². The molecule has 5 rings (SSSR count). The number of benzene rings is 2. The summed E-state index contributed by atoms with van der Waals surface area (Å²) in [6.07, 6.45) is 1.47. The number of nitrogens with zero attached hydrogens (tertiary/aromatic N) is 5. The number of halogens is 4. The molecule has 9 nitrogen and oxygen atoms in total. The quantitative estimate of drug-likeness (QED) is 0.297. The number of aryl methyl sites for hydroxylation is 2. The van der Waals surface area contributed by atoms with Crippen molar-refractivity contribution in [1.82, 2.24) is 24.6 Å². The fourth-order valence-electron chi connectivity index (χ4n) is 4.79. The molecular formula is C27H25ClF3N5O4. The number of hydrogen-bond donors (Lipinski definition) is 0. The number of amides is 1. The SMILES string of the molecule is Cc1cc(-c2ncnn2C)c2cccc(OCc3c(Cl)cc(F)cc3C3COCCN3C(=O)COC(F)F)c2n1. The van der Waals surface area contributed by atoms with Gasteiger partial charge in [0, 0.05) is 35.8 Å². The monoisotopic (exact) mass is 575 g/mol. The Kier molecular flexibility index (Phi) is 8.19. The second-order valence-electron chi connectivity index (χ2n) is 9.16. The highest BCUT2D eigenvalue weighted by Gasteiger charge is 2.32. The molecule has 40 heavy (non-hydrogen) atoms. The third kappa shape index (κ3) is 5.74. The van der Waals surface area contributed by atoms with Gasteiger partial charge in [0.15, 0.2) is 5.82 Å². The molecule has 1 aliphatic heterocycles. The van der Waals surface area contributed by atoms with Crippen LogP contribution in [0, 0.1) is 12.7 Å². The Morgan fingerprint density at radius 3 is 2.85 bits per heavy atom. The van der Waals surface area contributed by atoms with Crippen molar-refractivity contribution in [2.24, 2.45) is 7.05 Å². The summed E-state index contributed by atoms with van der Waals surface area (Å²) in [6, 6.07) is 9.00. The molecule has 0 aliphatic carbocycles. The van der Waals surface area contributed by atoms with E-state index in [4.69, 9.17) is 21.1 Å². The number of rotatable bonds is 8. The molecule has 0 radical (unpaired) electrons. The Hall–Kier alpha value is -3.74. The fraction of sp³-hybridized carbons (Fsp3) is 0.333. The molecule has 1 atom stereocenters. The van der Waals surface area contributed by atoms with E-state index in [1.54, 1.807) is 17.8 Å². The minimum absolute atomic E-state index is 0.0171. The number of carbonyl (C=O) groups is 1. The number of pyridine rings is 1. The first-order chi connectivity index (χ1) is 19.2. The number of ether oxygens (including phenoxy) is 3. The maximum absolute atomic E-state index is 14.6. The first-order valence-corrected chi connectivity index (χ1v) is 12.7. The van der Waals surface area contributed by atoms with Gasteiger partial charge in [0.2, 0.25) is 5.91 Å². The van der Waals surface area contributed by atoms with Crippen molar-refractivity contribution in [2.75, 3.05) is 26.4 Å². The molecule has 0 saturated carbocycles. The first-order valence-electron chi connectivity index (χ1n) is 12.3. The van der Waals surface area contributed by atoms with Crippen LogP contribution in [-0.4, -0.2) is 63.5 Å². The van der Waals surface area contributed by atoms with Gasteiger partial charge in [-0.1, -0.05) is 23.7 Å². The Balaban J connectivity index is 1.49. The number of carbonyl (C=O) groups excluding carboxylic acids is 1. The number of fused-ring (bicyclic) bond motifs is 1. The third-order valence-corrected chi connectivity index (χ3v) is 6.93. The van der Waals surface area contributed by atoms with E-state index in [2.05, 4.69) is 19.8 Å². The van der Waals surface area contributed by atoms with Crippen molar-refractivity contribution in [3.05, 3.63) is 70.4 Å². The van der Waals surface area contributed by atoms with Crippen LogP contribution in [0.5, 0.6) is 5.75 Å². The van der Waals surface area contributed by atoms with Crippen molar-refractivity contribution in [1.29, 1.82) is 0 Å². The van der Waals surface area contributed by atoms with E-state index >= 15 is 0 Å². The molecule has 1 saturated heterocycles. The van der Waals surface area contributed by atoms with Crippen LogP contribution in [-0.2, 0) is 27.9 Å². The molecule has 2 aromatic heterocycles. The molecule has 13 heteroatoms. The van der Waals surface area contributed by atoms with E-state index in [1.807, 2.05) is 25.1 Å². The van der Waals surface area contributed by atoms with E-state index in [-0.39, 0.29) is 31.4 Å². The second kappa shape index (κ2) is 11.8. The van der Waals surface area contributed by atoms with Gasteiger partial charge in [-0.3, -0.25) is 4.79 Å². The van der Waals surface area contributed by atoms with Crippen LogP contribution in [0.25, 0.3) is 22.3 Å². The van der Waals surface area contributed by atoms with Crippen LogP contribution >= 0.6 is 11.6 Å². The van der Waals surface area contributed by atoms with Crippen molar-refractivity contribution in [3.63, 3.8) is 0 Å².